The van der Waals surface area contributed by atoms with Crippen molar-refractivity contribution in [3.8, 4) is 6.07 Å². The van der Waals surface area contributed by atoms with Gasteiger partial charge in [-0.3, -0.25) is 10.2 Å². The first-order valence-corrected chi connectivity index (χ1v) is 8.72. The number of hydrogen-bond donors (Lipinski definition) is 3. The Hall–Kier alpha value is -2.14. The number of benzene rings is 1. The van der Waals surface area contributed by atoms with Crippen molar-refractivity contribution in [2.24, 2.45) is 0 Å². The number of rotatable bonds is 4. The van der Waals surface area contributed by atoms with E-state index >= 15 is 0 Å². The fraction of sp³-hybridized carbons (Fsp3) is 0.579. The van der Waals surface area contributed by atoms with E-state index in [2.05, 4.69) is 11.4 Å². The molecule has 4 atom stereocenters. The van der Waals surface area contributed by atoms with Gasteiger partial charge >= 0.3 is 6.09 Å². The molecule has 0 aliphatic carbocycles. The number of aliphatic hydroxyl groups is 2. The average molecular weight is 361 g/mol. The van der Waals surface area contributed by atoms with Crippen molar-refractivity contribution in [2.75, 3.05) is 6.54 Å². The highest BCUT2D eigenvalue weighted by Gasteiger charge is 2.40. The van der Waals surface area contributed by atoms with Gasteiger partial charge in [0, 0.05) is 6.04 Å². The van der Waals surface area contributed by atoms with Crippen molar-refractivity contribution in [2.45, 2.75) is 64.1 Å². The van der Waals surface area contributed by atoms with Crippen LogP contribution in [-0.4, -0.2) is 51.7 Å². The molecule has 1 fully saturated rings. The molecule has 0 saturated carbocycles. The predicted molar refractivity (Wildman–Crippen MR) is 96.1 cm³/mol. The first-order chi connectivity index (χ1) is 12.1. The number of carbonyl (C=O) groups is 1. The van der Waals surface area contributed by atoms with Gasteiger partial charge in [-0.05, 0) is 51.8 Å². The topological polar surface area (TPSA) is 106 Å². The Kier molecular flexibility index (Phi) is 6.24. The lowest BCUT2D eigenvalue weighted by molar-refractivity contribution is -0.00385. The van der Waals surface area contributed by atoms with Crippen LogP contribution in [0.1, 0.15) is 51.3 Å². The van der Waals surface area contributed by atoms with E-state index in [1.807, 2.05) is 19.1 Å². The second kappa shape index (κ2) is 8.04. The molecule has 3 N–H and O–H groups in total. The van der Waals surface area contributed by atoms with Crippen LogP contribution in [0.5, 0.6) is 0 Å². The molecule has 1 aliphatic heterocycles. The van der Waals surface area contributed by atoms with Crippen LogP contribution in [0, 0.1) is 11.3 Å². The number of nitrogens with zero attached hydrogens (tertiary/aromatic N) is 2. The molecule has 1 aliphatic rings. The van der Waals surface area contributed by atoms with Crippen LogP contribution in [0.25, 0.3) is 0 Å². The lowest BCUT2D eigenvalue weighted by atomic mass is 10.1. The molecule has 1 unspecified atom stereocenters. The average Bonchev–Trinajstić information content (AvgIpc) is 2.95. The van der Waals surface area contributed by atoms with Gasteiger partial charge in [0.15, 0.2) is 0 Å². The molecule has 0 spiro atoms. The van der Waals surface area contributed by atoms with E-state index in [1.165, 1.54) is 4.90 Å². The lowest BCUT2D eigenvalue weighted by Gasteiger charge is -2.32. The van der Waals surface area contributed by atoms with Gasteiger partial charge in [0.2, 0.25) is 0 Å². The molecule has 26 heavy (non-hydrogen) atoms. The standard InChI is InChI=1S/C19H27N3O4/c1-12(14-7-5-13(10-20)6-8-14)21-17(24)16-9-15(23)11-22(16)18(25)26-19(2,3)4/h5-8,12,15-17,21,23-24H,9,11H2,1-4H3/t12-,15+,16-,17?/m0/s1. The summed E-state index contributed by atoms with van der Waals surface area (Å²) in [5, 5.41) is 32.5. The van der Waals surface area contributed by atoms with Crippen molar-refractivity contribution in [3.05, 3.63) is 35.4 Å². The number of aliphatic hydroxyl groups excluding tert-OH is 2. The number of hydrogen-bond acceptors (Lipinski definition) is 6. The van der Waals surface area contributed by atoms with Crippen molar-refractivity contribution in [1.82, 2.24) is 10.2 Å². The van der Waals surface area contributed by atoms with Crippen LogP contribution in [0.2, 0.25) is 0 Å². The second-order valence-corrected chi connectivity index (χ2v) is 7.66. The Morgan fingerprint density at radius 2 is 2.00 bits per heavy atom. The number of nitrogens with one attached hydrogen (secondary N) is 1. The highest BCUT2D eigenvalue weighted by molar-refractivity contribution is 5.69. The minimum absolute atomic E-state index is 0.129. The molecule has 1 heterocycles. The molecule has 0 radical (unpaired) electrons. The first-order valence-electron chi connectivity index (χ1n) is 8.72. The van der Waals surface area contributed by atoms with E-state index in [4.69, 9.17) is 10.00 Å². The Labute approximate surface area is 154 Å². The van der Waals surface area contributed by atoms with Gasteiger partial charge in [-0.1, -0.05) is 12.1 Å². The smallest absolute Gasteiger partial charge is 0.410 e. The summed E-state index contributed by atoms with van der Waals surface area (Å²) in [5.74, 6) is 0. The third kappa shape index (κ3) is 5.18. The van der Waals surface area contributed by atoms with Gasteiger partial charge in [-0.2, -0.15) is 5.26 Å². The fourth-order valence-electron chi connectivity index (χ4n) is 2.98. The maximum atomic E-state index is 12.4. The number of β-amino-alcohol motifs (C(OH)–C–C–N with tert-alkyl or cyclic N) is 1. The molecule has 1 saturated heterocycles. The minimum Gasteiger partial charge on any atom is -0.444 e. The molecule has 7 nitrogen and oxygen atoms in total. The van der Waals surface area contributed by atoms with Gasteiger partial charge in [0.25, 0.3) is 0 Å². The van der Waals surface area contributed by atoms with E-state index in [-0.39, 0.29) is 19.0 Å². The molecule has 2 rings (SSSR count). The van der Waals surface area contributed by atoms with Gasteiger partial charge in [0.1, 0.15) is 11.8 Å². The van der Waals surface area contributed by atoms with Crippen molar-refractivity contribution < 1.29 is 19.7 Å². The number of likely N-dealkylation sites (tertiary alicyclic amines) is 1. The van der Waals surface area contributed by atoms with Gasteiger partial charge in [0.05, 0.1) is 30.3 Å². The monoisotopic (exact) mass is 361 g/mol. The number of amides is 1. The Morgan fingerprint density at radius 1 is 1.38 bits per heavy atom. The predicted octanol–water partition coefficient (Wildman–Crippen LogP) is 1.90. The third-order valence-electron chi connectivity index (χ3n) is 4.27. The largest absolute Gasteiger partial charge is 0.444 e. The normalized spacial score (nSPS) is 22.6. The summed E-state index contributed by atoms with van der Waals surface area (Å²) < 4.78 is 5.37. The minimum atomic E-state index is -1.02. The van der Waals surface area contributed by atoms with E-state index in [1.54, 1.807) is 32.9 Å². The maximum Gasteiger partial charge on any atom is 0.410 e. The molecule has 0 bridgehead atoms. The lowest BCUT2D eigenvalue weighted by Crippen LogP contribution is -2.50. The molecular weight excluding hydrogens is 334 g/mol. The molecule has 1 aromatic carbocycles. The quantitative estimate of drug-likeness (QED) is 0.707. The van der Waals surface area contributed by atoms with Crippen LogP contribution in [0.15, 0.2) is 24.3 Å². The summed E-state index contributed by atoms with van der Waals surface area (Å²) in [6.45, 7) is 7.33. The Morgan fingerprint density at radius 3 is 2.54 bits per heavy atom. The highest BCUT2D eigenvalue weighted by Crippen LogP contribution is 2.24. The summed E-state index contributed by atoms with van der Waals surface area (Å²) in [5.41, 5.74) is 0.825. The maximum absolute atomic E-state index is 12.4. The molecule has 7 heteroatoms. The SMILES string of the molecule is C[C@H](NC(O)[C@@H]1C[C@@H](O)CN1C(=O)OC(C)(C)C)c1ccc(C#N)cc1. The van der Waals surface area contributed by atoms with Crippen LogP contribution in [-0.2, 0) is 4.74 Å². The molecule has 142 valence electrons. The summed E-state index contributed by atoms with van der Waals surface area (Å²) in [6.07, 6.45) is -2.00. The number of ether oxygens (including phenoxy) is 1. The summed E-state index contributed by atoms with van der Waals surface area (Å²) >= 11 is 0. The van der Waals surface area contributed by atoms with Crippen LogP contribution in [0.3, 0.4) is 0 Å². The van der Waals surface area contributed by atoms with E-state index in [0.29, 0.717) is 5.56 Å². The van der Waals surface area contributed by atoms with E-state index < -0.39 is 30.1 Å². The zero-order valence-electron chi connectivity index (χ0n) is 15.6. The van der Waals surface area contributed by atoms with Gasteiger partial charge in [-0.15, -0.1) is 0 Å². The van der Waals surface area contributed by atoms with Crippen molar-refractivity contribution in [3.63, 3.8) is 0 Å². The van der Waals surface area contributed by atoms with Crippen LogP contribution < -0.4 is 5.32 Å². The van der Waals surface area contributed by atoms with Gasteiger partial charge in [-0.25, -0.2) is 4.79 Å². The molecule has 0 aromatic heterocycles. The molecular formula is C19H27N3O4. The van der Waals surface area contributed by atoms with Crippen molar-refractivity contribution in [1.29, 1.82) is 5.26 Å². The van der Waals surface area contributed by atoms with Gasteiger partial charge < -0.3 is 14.9 Å². The third-order valence-corrected chi connectivity index (χ3v) is 4.27. The van der Waals surface area contributed by atoms with Crippen LogP contribution >= 0.6 is 0 Å². The highest BCUT2D eigenvalue weighted by atomic mass is 16.6. The summed E-state index contributed by atoms with van der Waals surface area (Å²) in [4.78, 5) is 13.7. The summed E-state index contributed by atoms with van der Waals surface area (Å²) in [6, 6.07) is 8.35. The second-order valence-electron chi connectivity index (χ2n) is 7.66. The molecule has 1 amide bonds. The molecule has 1 aromatic rings. The van der Waals surface area contributed by atoms with E-state index in [0.717, 1.165) is 5.56 Å². The zero-order chi connectivity index (χ0) is 19.5. The summed E-state index contributed by atoms with van der Waals surface area (Å²) in [7, 11) is 0. The zero-order valence-corrected chi connectivity index (χ0v) is 15.6. The Balaban J connectivity index is 2.04. The van der Waals surface area contributed by atoms with Crippen LogP contribution in [0.4, 0.5) is 4.79 Å². The van der Waals surface area contributed by atoms with E-state index in [9.17, 15) is 15.0 Å². The first kappa shape index (κ1) is 20.2. The fourth-order valence-corrected chi connectivity index (χ4v) is 2.98. The number of carbonyl (C=O) groups excluding carboxylic acids is 1. The Bertz CT molecular complexity index is 663. The van der Waals surface area contributed by atoms with Crippen molar-refractivity contribution >= 4 is 6.09 Å². The number of nitriles is 1.